The van der Waals surface area contributed by atoms with Crippen LogP contribution in [-0.2, 0) is 19.6 Å². The van der Waals surface area contributed by atoms with Crippen molar-refractivity contribution in [3.63, 3.8) is 0 Å². The molecule has 0 radical (unpaired) electrons. The zero-order valence-corrected chi connectivity index (χ0v) is 15.0. The molecule has 0 atom stereocenters. The minimum atomic E-state index is 0.707. The monoisotopic (exact) mass is 345 g/mol. The Kier molecular flexibility index (Phi) is 6.18. The molecule has 0 aliphatic rings. The number of rotatable bonds is 8. The molecule has 0 saturated carbocycles. The van der Waals surface area contributed by atoms with Crippen LogP contribution in [0.3, 0.4) is 0 Å². The maximum absolute atomic E-state index is 10.9. The van der Waals surface area contributed by atoms with Crippen LogP contribution in [0.4, 0.5) is 0 Å². The second kappa shape index (κ2) is 8.97. The SMILES string of the molecule is COc1ccc(CN(Cc2ccccc2)Cc2ccc(C=O)cc2)cc1. The highest BCUT2D eigenvalue weighted by molar-refractivity contribution is 5.74. The van der Waals surface area contributed by atoms with Gasteiger partial charge in [0.1, 0.15) is 12.0 Å². The summed E-state index contributed by atoms with van der Waals surface area (Å²) in [7, 11) is 1.68. The van der Waals surface area contributed by atoms with Gasteiger partial charge in [-0.3, -0.25) is 9.69 Å². The summed E-state index contributed by atoms with van der Waals surface area (Å²) in [6, 6.07) is 26.5. The van der Waals surface area contributed by atoms with Crippen molar-refractivity contribution >= 4 is 6.29 Å². The first kappa shape index (κ1) is 17.9. The van der Waals surface area contributed by atoms with Crippen molar-refractivity contribution in [2.75, 3.05) is 7.11 Å². The highest BCUT2D eigenvalue weighted by atomic mass is 16.5. The number of methoxy groups -OCH3 is 1. The maximum atomic E-state index is 10.9. The lowest BCUT2D eigenvalue weighted by Crippen LogP contribution is -2.22. The summed E-state index contributed by atoms with van der Waals surface area (Å²) in [5, 5.41) is 0. The molecule has 0 fully saturated rings. The summed E-state index contributed by atoms with van der Waals surface area (Å²) < 4.78 is 5.25. The lowest BCUT2D eigenvalue weighted by molar-refractivity contribution is 0.112. The van der Waals surface area contributed by atoms with Gasteiger partial charge in [-0.2, -0.15) is 0 Å². The molecule has 0 aliphatic carbocycles. The van der Waals surface area contributed by atoms with Gasteiger partial charge in [0.15, 0.2) is 0 Å². The van der Waals surface area contributed by atoms with E-state index >= 15 is 0 Å². The zero-order chi connectivity index (χ0) is 18.2. The number of ether oxygens (including phenoxy) is 1. The smallest absolute Gasteiger partial charge is 0.150 e. The molecule has 3 aromatic carbocycles. The van der Waals surface area contributed by atoms with Gasteiger partial charge in [-0.1, -0.05) is 66.7 Å². The Morgan fingerprint density at radius 1 is 0.731 bits per heavy atom. The molecule has 0 N–H and O–H groups in total. The summed E-state index contributed by atoms with van der Waals surface area (Å²) >= 11 is 0. The van der Waals surface area contributed by atoms with Crippen LogP contribution in [0.25, 0.3) is 0 Å². The van der Waals surface area contributed by atoms with Gasteiger partial charge in [0.05, 0.1) is 7.11 Å². The second-order valence-electron chi connectivity index (χ2n) is 6.34. The van der Waals surface area contributed by atoms with E-state index in [9.17, 15) is 4.79 Å². The Morgan fingerprint density at radius 3 is 1.73 bits per heavy atom. The number of aldehydes is 1. The normalized spacial score (nSPS) is 10.7. The predicted octanol–water partition coefficient (Wildman–Crippen LogP) is 4.71. The third-order valence-electron chi connectivity index (χ3n) is 4.34. The number of hydrogen-bond acceptors (Lipinski definition) is 3. The highest BCUT2D eigenvalue weighted by Crippen LogP contribution is 2.17. The number of nitrogens with zero attached hydrogens (tertiary/aromatic N) is 1. The Hall–Kier alpha value is -2.91. The van der Waals surface area contributed by atoms with E-state index in [2.05, 4.69) is 41.3 Å². The largest absolute Gasteiger partial charge is 0.497 e. The summed E-state index contributed by atoms with van der Waals surface area (Å²) in [6.45, 7) is 2.52. The Balaban J connectivity index is 1.76. The topological polar surface area (TPSA) is 29.5 Å². The summed E-state index contributed by atoms with van der Waals surface area (Å²) in [5.74, 6) is 0.868. The van der Waals surface area contributed by atoms with E-state index in [-0.39, 0.29) is 0 Å². The van der Waals surface area contributed by atoms with E-state index in [1.165, 1.54) is 16.7 Å². The van der Waals surface area contributed by atoms with Gasteiger partial charge >= 0.3 is 0 Å². The van der Waals surface area contributed by atoms with E-state index in [4.69, 9.17) is 4.74 Å². The van der Waals surface area contributed by atoms with Crippen LogP contribution in [-0.4, -0.2) is 18.3 Å². The molecule has 132 valence electrons. The standard InChI is InChI=1S/C23H23NO2/c1-26-23-13-11-21(12-14-23)17-24(15-19-5-3-2-4-6-19)16-20-7-9-22(18-25)10-8-20/h2-14,18H,15-17H2,1H3. The highest BCUT2D eigenvalue weighted by Gasteiger charge is 2.09. The van der Waals surface area contributed by atoms with Gasteiger partial charge < -0.3 is 4.74 Å². The van der Waals surface area contributed by atoms with Crippen LogP contribution in [0.1, 0.15) is 27.0 Å². The van der Waals surface area contributed by atoms with Gasteiger partial charge in [0.2, 0.25) is 0 Å². The van der Waals surface area contributed by atoms with Crippen LogP contribution >= 0.6 is 0 Å². The molecule has 0 heterocycles. The predicted molar refractivity (Wildman–Crippen MR) is 104 cm³/mol. The van der Waals surface area contributed by atoms with Crippen molar-refractivity contribution in [1.29, 1.82) is 0 Å². The van der Waals surface area contributed by atoms with Crippen LogP contribution in [0.2, 0.25) is 0 Å². The molecule has 0 spiro atoms. The summed E-state index contributed by atoms with van der Waals surface area (Å²) in [6.07, 6.45) is 0.878. The maximum Gasteiger partial charge on any atom is 0.150 e. The van der Waals surface area contributed by atoms with E-state index in [0.29, 0.717) is 5.56 Å². The summed E-state index contributed by atoms with van der Waals surface area (Å²) in [4.78, 5) is 13.2. The minimum Gasteiger partial charge on any atom is -0.497 e. The molecule has 0 amide bonds. The number of hydrogen-bond donors (Lipinski definition) is 0. The molecule has 0 bridgehead atoms. The van der Waals surface area contributed by atoms with E-state index < -0.39 is 0 Å². The van der Waals surface area contributed by atoms with Crippen molar-refractivity contribution in [3.8, 4) is 5.75 Å². The molecule has 3 aromatic rings. The van der Waals surface area contributed by atoms with Crippen molar-refractivity contribution in [2.45, 2.75) is 19.6 Å². The molecular weight excluding hydrogens is 322 g/mol. The van der Waals surface area contributed by atoms with E-state index in [1.807, 2.05) is 42.5 Å². The fraction of sp³-hybridized carbons (Fsp3) is 0.174. The first-order valence-electron chi connectivity index (χ1n) is 8.70. The molecule has 0 unspecified atom stereocenters. The van der Waals surface area contributed by atoms with Gasteiger partial charge in [0, 0.05) is 25.2 Å². The van der Waals surface area contributed by atoms with Crippen molar-refractivity contribution in [3.05, 3.63) is 101 Å². The minimum absolute atomic E-state index is 0.707. The van der Waals surface area contributed by atoms with Gasteiger partial charge in [-0.25, -0.2) is 0 Å². The molecule has 0 saturated heterocycles. The third-order valence-corrected chi connectivity index (χ3v) is 4.34. The molecule has 3 heteroatoms. The fourth-order valence-corrected chi connectivity index (χ4v) is 2.96. The molecule has 0 aromatic heterocycles. The number of benzene rings is 3. The van der Waals surface area contributed by atoms with Crippen molar-refractivity contribution in [1.82, 2.24) is 4.90 Å². The van der Waals surface area contributed by atoms with E-state index in [1.54, 1.807) is 7.11 Å². The van der Waals surface area contributed by atoms with Crippen molar-refractivity contribution in [2.24, 2.45) is 0 Å². The molecule has 26 heavy (non-hydrogen) atoms. The lowest BCUT2D eigenvalue weighted by atomic mass is 10.1. The molecular formula is C23H23NO2. The molecule has 3 rings (SSSR count). The van der Waals surface area contributed by atoms with Gasteiger partial charge in [0.25, 0.3) is 0 Å². The second-order valence-corrected chi connectivity index (χ2v) is 6.34. The van der Waals surface area contributed by atoms with Crippen LogP contribution in [0.5, 0.6) is 5.75 Å². The number of carbonyl (C=O) groups excluding carboxylic acids is 1. The lowest BCUT2D eigenvalue weighted by Gasteiger charge is -2.23. The molecule has 0 aliphatic heterocycles. The van der Waals surface area contributed by atoms with Crippen LogP contribution < -0.4 is 4.74 Å². The first-order valence-corrected chi connectivity index (χ1v) is 8.70. The number of carbonyl (C=O) groups is 1. The Bertz CT molecular complexity index is 811. The Labute approximate surface area is 154 Å². The van der Waals surface area contributed by atoms with Gasteiger partial charge in [-0.05, 0) is 28.8 Å². The van der Waals surface area contributed by atoms with Crippen LogP contribution in [0.15, 0.2) is 78.9 Å². The summed E-state index contributed by atoms with van der Waals surface area (Å²) in [5.41, 5.74) is 4.43. The third kappa shape index (κ3) is 5.04. The van der Waals surface area contributed by atoms with Crippen molar-refractivity contribution < 1.29 is 9.53 Å². The Morgan fingerprint density at radius 2 is 1.23 bits per heavy atom. The average molecular weight is 345 g/mol. The fourth-order valence-electron chi connectivity index (χ4n) is 2.96. The quantitative estimate of drug-likeness (QED) is 0.554. The van der Waals surface area contributed by atoms with Gasteiger partial charge in [-0.15, -0.1) is 0 Å². The zero-order valence-electron chi connectivity index (χ0n) is 15.0. The molecule has 3 nitrogen and oxygen atoms in total. The van der Waals surface area contributed by atoms with Crippen LogP contribution in [0, 0.1) is 0 Å². The first-order chi connectivity index (χ1) is 12.8. The average Bonchev–Trinajstić information content (AvgIpc) is 2.70. The van der Waals surface area contributed by atoms with E-state index in [0.717, 1.165) is 31.7 Å².